The van der Waals surface area contributed by atoms with Gasteiger partial charge in [-0.1, -0.05) is 18.2 Å². The predicted octanol–water partition coefficient (Wildman–Crippen LogP) is 3.74. The van der Waals surface area contributed by atoms with E-state index in [2.05, 4.69) is 20.9 Å². The molecule has 182 valence electrons. The first-order valence-electron chi connectivity index (χ1n) is 11.8. The fraction of sp³-hybridized carbons (Fsp3) is 0.370. The summed E-state index contributed by atoms with van der Waals surface area (Å²) >= 11 is 0. The van der Waals surface area contributed by atoms with Gasteiger partial charge in [0.25, 0.3) is 0 Å². The van der Waals surface area contributed by atoms with Crippen LogP contribution in [0.2, 0.25) is 0 Å². The van der Waals surface area contributed by atoms with Crippen LogP contribution in [0.5, 0.6) is 17.2 Å². The number of ether oxygens (including phenoxy) is 3. The molecule has 1 fully saturated rings. The number of Topliss-reactive ketones (excluding diaryl/α,β-unsaturated/α-hetero) is 1. The Morgan fingerprint density at radius 1 is 0.857 bits per heavy atom. The second-order valence-corrected chi connectivity index (χ2v) is 8.81. The van der Waals surface area contributed by atoms with Gasteiger partial charge < -0.3 is 24.0 Å². The van der Waals surface area contributed by atoms with E-state index in [0.29, 0.717) is 24.4 Å². The van der Waals surface area contributed by atoms with Crippen LogP contribution in [0.15, 0.2) is 48.7 Å². The Morgan fingerprint density at radius 2 is 1.60 bits per heavy atom. The van der Waals surface area contributed by atoms with Gasteiger partial charge in [-0.25, -0.2) is 9.97 Å². The van der Waals surface area contributed by atoms with Crippen LogP contribution in [0.1, 0.15) is 34.0 Å². The lowest BCUT2D eigenvalue weighted by atomic mass is 9.82. The maximum absolute atomic E-state index is 13.0. The van der Waals surface area contributed by atoms with E-state index in [9.17, 15) is 4.79 Å². The van der Waals surface area contributed by atoms with E-state index in [1.165, 1.54) is 0 Å². The SMILES string of the molecule is COc1ccc(C2CC(=O)c3cnc(N4CCN(c5ccccc5OC)CC4)nc3C2)c(OC)c1. The molecule has 3 aromatic rings. The minimum atomic E-state index is 0.000925. The van der Waals surface area contributed by atoms with Crippen LogP contribution >= 0.6 is 0 Å². The highest BCUT2D eigenvalue weighted by Crippen LogP contribution is 2.38. The molecule has 1 aliphatic carbocycles. The Balaban J connectivity index is 1.34. The van der Waals surface area contributed by atoms with Crippen molar-refractivity contribution < 1.29 is 19.0 Å². The molecule has 2 heterocycles. The highest BCUT2D eigenvalue weighted by Gasteiger charge is 2.31. The Kier molecular flexibility index (Phi) is 6.44. The maximum Gasteiger partial charge on any atom is 0.225 e. The van der Waals surface area contributed by atoms with E-state index < -0.39 is 0 Å². The van der Waals surface area contributed by atoms with Gasteiger partial charge in [0.15, 0.2) is 5.78 Å². The number of para-hydroxylation sites is 2. The molecule has 0 spiro atoms. The normalized spacial score (nSPS) is 17.7. The van der Waals surface area contributed by atoms with E-state index >= 15 is 0 Å². The van der Waals surface area contributed by atoms with E-state index in [4.69, 9.17) is 19.2 Å². The molecule has 1 aliphatic heterocycles. The van der Waals surface area contributed by atoms with Gasteiger partial charge in [0.05, 0.1) is 38.3 Å². The maximum atomic E-state index is 13.0. The Bertz CT molecular complexity index is 1220. The molecule has 2 aliphatic rings. The fourth-order valence-corrected chi connectivity index (χ4v) is 5.00. The smallest absolute Gasteiger partial charge is 0.225 e. The summed E-state index contributed by atoms with van der Waals surface area (Å²) in [6.45, 7) is 3.26. The number of piperazine rings is 1. The number of aromatic nitrogens is 2. The van der Waals surface area contributed by atoms with Gasteiger partial charge in [0.1, 0.15) is 17.2 Å². The number of carbonyl (C=O) groups excluding carboxylic acids is 1. The molecule has 0 N–H and O–H groups in total. The Hall–Kier alpha value is -3.81. The minimum absolute atomic E-state index is 0.000925. The van der Waals surface area contributed by atoms with Crippen LogP contribution in [0.4, 0.5) is 11.6 Å². The second kappa shape index (κ2) is 9.82. The van der Waals surface area contributed by atoms with Gasteiger partial charge in [-0.15, -0.1) is 0 Å². The largest absolute Gasteiger partial charge is 0.497 e. The van der Waals surface area contributed by atoms with Crippen molar-refractivity contribution in [2.45, 2.75) is 18.8 Å². The lowest BCUT2D eigenvalue weighted by Gasteiger charge is -2.37. The lowest BCUT2D eigenvalue weighted by Crippen LogP contribution is -2.47. The molecular formula is C27H30N4O4. The number of hydrogen-bond acceptors (Lipinski definition) is 8. The number of rotatable bonds is 6. The summed E-state index contributed by atoms with van der Waals surface area (Å²) in [4.78, 5) is 26.9. The highest BCUT2D eigenvalue weighted by atomic mass is 16.5. The first-order chi connectivity index (χ1) is 17.1. The van der Waals surface area contributed by atoms with Gasteiger partial charge in [0.2, 0.25) is 5.95 Å². The van der Waals surface area contributed by atoms with Crippen molar-refractivity contribution in [2.75, 3.05) is 57.3 Å². The van der Waals surface area contributed by atoms with Crippen molar-refractivity contribution in [2.24, 2.45) is 0 Å². The standard InChI is InChI=1S/C27H30N4O4/c1-33-19-8-9-20(26(16-19)35-3)18-14-22-21(24(32)15-18)17-28-27(29-22)31-12-10-30(11-13-31)23-6-4-5-7-25(23)34-2/h4-9,16-18H,10-15H2,1-3H3. The summed E-state index contributed by atoms with van der Waals surface area (Å²) in [5.41, 5.74) is 3.53. The molecule has 5 rings (SSSR count). The van der Waals surface area contributed by atoms with E-state index in [0.717, 1.165) is 60.4 Å². The molecule has 0 bridgehead atoms. The summed E-state index contributed by atoms with van der Waals surface area (Å²) in [5, 5.41) is 0. The summed E-state index contributed by atoms with van der Waals surface area (Å²) in [6.07, 6.45) is 2.78. The van der Waals surface area contributed by atoms with Gasteiger partial charge in [-0.05, 0) is 30.2 Å². The van der Waals surface area contributed by atoms with Crippen LogP contribution in [-0.2, 0) is 6.42 Å². The highest BCUT2D eigenvalue weighted by molar-refractivity contribution is 5.98. The number of fused-ring (bicyclic) bond motifs is 1. The third-order valence-corrected chi connectivity index (χ3v) is 6.90. The van der Waals surface area contributed by atoms with Crippen LogP contribution < -0.4 is 24.0 Å². The van der Waals surface area contributed by atoms with E-state index in [-0.39, 0.29) is 11.7 Å². The zero-order valence-corrected chi connectivity index (χ0v) is 20.4. The van der Waals surface area contributed by atoms with Crippen molar-refractivity contribution >= 4 is 17.4 Å². The minimum Gasteiger partial charge on any atom is -0.497 e. The number of benzene rings is 2. The van der Waals surface area contributed by atoms with Gasteiger partial charge in [-0.2, -0.15) is 0 Å². The average molecular weight is 475 g/mol. The van der Waals surface area contributed by atoms with Gasteiger partial charge >= 0.3 is 0 Å². The lowest BCUT2D eigenvalue weighted by molar-refractivity contribution is 0.0962. The molecule has 1 unspecified atom stereocenters. The summed E-state index contributed by atoms with van der Waals surface area (Å²) in [6, 6.07) is 13.8. The Morgan fingerprint density at radius 3 is 2.34 bits per heavy atom. The third-order valence-electron chi connectivity index (χ3n) is 6.90. The number of hydrogen-bond donors (Lipinski definition) is 0. The van der Waals surface area contributed by atoms with E-state index in [1.54, 1.807) is 27.5 Å². The molecule has 0 amide bonds. The van der Waals surface area contributed by atoms with Crippen LogP contribution in [0.25, 0.3) is 0 Å². The third kappa shape index (κ3) is 4.48. The first kappa shape index (κ1) is 23.0. The first-order valence-corrected chi connectivity index (χ1v) is 11.8. The van der Waals surface area contributed by atoms with Crippen molar-refractivity contribution in [3.05, 3.63) is 65.5 Å². The molecule has 8 heteroatoms. The average Bonchev–Trinajstić information content (AvgIpc) is 2.92. The number of methoxy groups -OCH3 is 3. The molecular weight excluding hydrogens is 444 g/mol. The monoisotopic (exact) mass is 474 g/mol. The topological polar surface area (TPSA) is 77.0 Å². The summed E-state index contributed by atoms with van der Waals surface area (Å²) in [5.74, 6) is 3.09. The zero-order chi connectivity index (χ0) is 24.4. The molecule has 35 heavy (non-hydrogen) atoms. The molecule has 2 aromatic carbocycles. The van der Waals surface area contributed by atoms with E-state index in [1.807, 2.05) is 36.4 Å². The zero-order valence-electron chi connectivity index (χ0n) is 20.4. The molecule has 0 saturated carbocycles. The quantitative estimate of drug-likeness (QED) is 0.535. The van der Waals surface area contributed by atoms with Crippen molar-refractivity contribution in [3.63, 3.8) is 0 Å². The molecule has 8 nitrogen and oxygen atoms in total. The molecule has 1 atom stereocenters. The molecule has 1 aromatic heterocycles. The summed E-state index contributed by atoms with van der Waals surface area (Å²) < 4.78 is 16.5. The van der Waals surface area contributed by atoms with Crippen molar-refractivity contribution in [1.82, 2.24) is 9.97 Å². The Labute approximate surface area is 205 Å². The van der Waals surface area contributed by atoms with Crippen LogP contribution in [0.3, 0.4) is 0 Å². The van der Waals surface area contributed by atoms with Crippen molar-refractivity contribution in [1.29, 1.82) is 0 Å². The molecule has 1 saturated heterocycles. The summed E-state index contributed by atoms with van der Waals surface area (Å²) in [7, 11) is 4.97. The van der Waals surface area contributed by atoms with Crippen LogP contribution in [-0.4, -0.2) is 63.3 Å². The number of anilines is 2. The van der Waals surface area contributed by atoms with Crippen LogP contribution in [0, 0.1) is 0 Å². The van der Waals surface area contributed by atoms with Crippen molar-refractivity contribution in [3.8, 4) is 17.2 Å². The predicted molar refractivity (Wildman–Crippen MR) is 134 cm³/mol. The molecule has 0 radical (unpaired) electrons. The van der Waals surface area contributed by atoms with Gasteiger partial charge in [-0.3, -0.25) is 4.79 Å². The fourth-order valence-electron chi connectivity index (χ4n) is 5.00. The number of carbonyl (C=O) groups is 1. The number of ketones is 1. The second-order valence-electron chi connectivity index (χ2n) is 8.81. The number of nitrogens with zero attached hydrogens (tertiary/aromatic N) is 4. The van der Waals surface area contributed by atoms with Gasteiger partial charge in [0, 0.05) is 50.8 Å².